The van der Waals surface area contributed by atoms with Crippen LogP contribution >= 0.6 is 93.7 Å². The third-order valence-electron chi connectivity index (χ3n) is 8.11. The standard InChI is InChI=1S/C5H5N.C5H4O2.C5H10O.C5H6.C4H5N.2C4H8O.C4H4O.C4H4S.2C3H3NO.2C3H3NS.C2H2N2O.C2H2N2S.28C2H6.5CH4.B.FH.2HI.K.H3N.H2O.2H2.H/c1-2-4-6-5-3-1;6-5-1-3-7-4-2-5;1-2-4-6-5-3-1;2*1-2-4-5-3-1;1-3-4(2)5-3;3*1-2-4-5-3-1;1-2-5-3-4-1;1-2-4-5-3-1;1-2-5-3-4-1;1-2-4-5-3-1;2*1-3-2-5-4-1;28*1-2;;;;;;;;;;;;;;;/h1-5H;1-4H;1-5H2;1-4H,5H2;1,3-4H,2H2;3-4H,1-2H3;1-4H2;2*1-4H;4*1-3H;2*1-2H;28*1-2H3;5*1H4;;3*1H;;1H3;1H2;2*1H;/q;;;;;;;;;;;;;;;;;;;;;;;;;;;;;;;;;;;;;;;;;;;;;;;;;;;;+1;;;;;-1/i;;;;;;;;;;;;;;;;;;;;;;;;;;;;;;;;;;;;;;;;;;;;;;;;;;;;;;;1+1;;. The van der Waals surface area contributed by atoms with Crippen molar-refractivity contribution in [1.29, 1.82) is 0 Å². The first-order valence-electron chi connectivity index (χ1n) is 52.5. The summed E-state index contributed by atoms with van der Waals surface area (Å²) in [6, 6.07) is 19.8. The van der Waals surface area contributed by atoms with Crippen LogP contribution in [0.5, 0.6) is 0 Å². The number of thiophene rings is 1. The maximum Gasteiger partial charge on any atom is 1.00 e. The molecule has 10 aromatic rings. The first-order chi connectivity index (χ1) is 67.2. The van der Waals surface area contributed by atoms with E-state index in [1.165, 1.54) is 118 Å². The molecule has 0 amide bonds. The third-order valence-corrected chi connectivity index (χ3v) is 10.2. The number of allylic oxidation sites excluding steroid dienone is 5. The molecule has 4 aliphatic heterocycles. The van der Waals surface area contributed by atoms with Gasteiger partial charge in [-0.2, -0.15) is 15.7 Å². The number of hydrogen-bond acceptors (Lipinski definition) is 24. The summed E-state index contributed by atoms with van der Waals surface area (Å²) < 4.78 is 44.5. The van der Waals surface area contributed by atoms with Crippen molar-refractivity contribution in [3.63, 3.8) is 0 Å². The van der Waals surface area contributed by atoms with Gasteiger partial charge in [0.25, 0.3) is 0 Å². The number of furan rings is 1. The normalized spacial score (nSPS) is 8.72. The van der Waals surface area contributed by atoms with E-state index in [9.17, 15) is 4.79 Å². The van der Waals surface area contributed by atoms with Gasteiger partial charge in [0.15, 0.2) is 18.1 Å². The molecule has 3 fully saturated rings. The Morgan fingerprint density at radius 2 is 0.714 bits per heavy atom. The van der Waals surface area contributed by atoms with Crippen molar-refractivity contribution < 1.29 is 102 Å². The zero-order chi connectivity index (χ0) is 112. The van der Waals surface area contributed by atoms with Crippen molar-refractivity contribution >= 4 is 108 Å². The first-order valence-corrected chi connectivity index (χ1v) is 56.1. The van der Waals surface area contributed by atoms with Gasteiger partial charge in [0, 0.05) is 104 Å². The number of aromatic nitrogens is 9. The van der Waals surface area contributed by atoms with Crippen LogP contribution in [0, 0.1) is 0 Å². The summed E-state index contributed by atoms with van der Waals surface area (Å²) in [5, 5.41) is 14.5. The Balaban J connectivity index is -0.0000000192. The molecule has 1 aliphatic carbocycles. The van der Waals surface area contributed by atoms with Crippen LogP contribution in [0.15, 0.2) is 268 Å². The third kappa shape index (κ3) is 471. The molecule has 5 N–H and O–H groups in total. The fraction of sp³-hybridized carbons (Fsp3) is 0.650. The number of ether oxygens (including phenoxy) is 3. The topological polar surface area (TPSA) is 309 Å². The maximum atomic E-state index is 10.2. The van der Waals surface area contributed by atoms with Gasteiger partial charge >= 0.3 is 51.4 Å². The molecular weight excluding hydrogens is 2170 g/mol. The van der Waals surface area contributed by atoms with E-state index < -0.39 is 0 Å². The predicted octanol–water partition coefficient (Wildman–Crippen LogP) is 44.1. The van der Waals surface area contributed by atoms with Gasteiger partial charge in [0.1, 0.15) is 24.4 Å². The zero-order valence-corrected chi connectivity index (χ0v) is 115. The van der Waals surface area contributed by atoms with Crippen LogP contribution in [0.2, 0.25) is 0 Å². The molecule has 21 nitrogen and oxygen atoms in total. The van der Waals surface area contributed by atoms with E-state index in [1.807, 2.05) is 470 Å². The second-order valence-corrected chi connectivity index (χ2v) is 17.1. The number of aliphatic imine (C=N–C) groups is 1. The number of oxazole rings is 1. The van der Waals surface area contributed by atoms with Gasteiger partial charge in [0.05, 0.1) is 55.2 Å². The van der Waals surface area contributed by atoms with Gasteiger partial charge < -0.3 is 49.6 Å². The number of nitrogens with zero attached hydrogens (tertiary/aromatic N) is 10. The number of halogens is 3. The van der Waals surface area contributed by atoms with Crippen molar-refractivity contribution in [2.45, 2.75) is 496 Å². The quantitative estimate of drug-likeness (QED) is 0.0837. The van der Waals surface area contributed by atoms with Crippen LogP contribution < -0.4 is 63.0 Å². The minimum Gasteiger partial charge on any atom is -1.00 e. The molecule has 0 aromatic carbocycles. The van der Waals surface area contributed by atoms with Crippen molar-refractivity contribution in [2.24, 2.45) is 4.99 Å². The first kappa shape index (κ1) is 271. The largest absolute Gasteiger partial charge is 1.00 e. The average Bonchev–Trinajstić information content (AvgIpc) is 1.76. The van der Waals surface area contributed by atoms with Gasteiger partial charge in [0.2, 0.25) is 6.39 Å². The van der Waals surface area contributed by atoms with Crippen molar-refractivity contribution in [2.75, 3.05) is 26.4 Å². The summed E-state index contributed by atoms with van der Waals surface area (Å²) in [6.45, 7) is 120. The smallest absolute Gasteiger partial charge is 1.00 e. The molecule has 0 bridgehead atoms. The summed E-state index contributed by atoms with van der Waals surface area (Å²) in [6.07, 6.45) is 48.5. The monoisotopic (exact) mass is 2440 g/mol. The molecule has 2 atom stereocenters. The minimum atomic E-state index is -0.0220. The molecule has 2 unspecified atom stereocenters. The van der Waals surface area contributed by atoms with Gasteiger partial charge in [-0.15, -0.1) is 59.3 Å². The number of hydrogen-bond donors (Lipinski definition) is 1. The molecule has 3 saturated heterocycles. The van der Waals surface area contributed by atoms with Gasteiger partial charge in [-0.05, 0) is 123 Å². The fourth-order valence-electron chi connectivity index (χ4n) is 4.24. The molecule has 0 spiro atoms. The van der Waals surface area contributed by atoms with Crippen LogP contribution in [0.25, 0.3) is 0 Å². The Hall–Kier alpha value is -4.76. The minimum absolute atomic E-state index is 0. The summed E-state index contributed by atoms with van der Waals surface area (Å²) in [5.74, 6) is 0. The summed E-state index contributed by atoms with van der Waals surface area (Å²) in [4.78, 5) is 32.1. The molecular formula is C117H271BFI2KN11O10S4. The van der Waals surface area contributed by atoms with E-state index in [0.29, 0.717) is 12.2 Å². The van der Waals surface area contributed by atoms with E-state index in [4.69, 9.17) is 14.2 Å². The van der Waals surface area contributed by atoms with Crippen LogP contribution in [0.1, 0.15) is 488 Å². The van der Waals surface area contributed by atoms with Crippen molar-refractivity contribution in [1.82, 2.24) is 50.1 Å². The summed E-state index contributed by atoms with van der Waals surface area (Å²) >= 11 is 6.13. The molecule has 3 radical (unpaired) electrons. The molecule has 903 valence electrons. The van der Waals surface area contributed by atoms with Crippen LogP contribution in [0.3, 0.4) is 0 Å². The van der Waals surface area contributed by atoms with Crippen molar-refractivity contribution in [3.8, 4) is 0 Å². The maximum absolute atomic E-state index is 10.2. The van der Waals surface area contributed by atoms with E-state index in [-0.39, 0.29) is 171 Å². The fourth-order valence-corrected chi connectivity index (χ4v) is 5.67. The Kier molecular flexibility index (Phi) is 860. The van der Waals surface area contributed by atoms with Crippen molar-refractivity contribution in [3.05, 3.63) is 246 Å². The van der Waals surface area contributed by atoms with Gasteiger partial charge in [-0.3, -0.25) is 24.5 Å². The molecule has 10 aromatic heterocycles. The molecule has 14 heterocycles. The van der Waals surface area contributed by atoms with Crippen LogP contribution in [-0.4, -0.2) is 103 Å². The van der Waals surface area contributed by atoms with Gasteiger partial charge in [-0.25, -0.2) is 19.3 Å². The van der Waals surface area contributed by atoms with E-state index >= 15 is 0 Å². The van der Waals surface area contributed by atoms with E-state index in [0.717, 1.165) is 39.3 Å². The summed E-state index contributed by atoms with van der Waals surface area (Å²) in [5.41, 5.74) is 3.45. The SMILES string of the molecule is C.C.C.C.C.C1=CCC=C1.C1=CN=CC1.C1CCOC1.C1CCOCC1.CC.CC.CC.CC.CC.CC.CC.CC.CC.CC.CC.CC.CC.CC.CC.CC.CC.CC.CC.CC.CC.CC.CC.CC.CC.CC.CC.CC.CC1OC1C.F.I.I.N.O.O=c1ccocc1.[2HH].[B].[H-].[HH].[K+].c1ccncc1.c1ccoc1.c1ccsc1.c1cnoc1.c1cnsc1.c1cocn1.c1cscn1.c1ncon1.c1ncsn1. The molecule has 0 saturated carbocycles. The average molecular weight is 2440 g/mol. The number of epoxide rings is 1. The Morgan fingerprint density at radius 1 is 0.333 bits per heavy atom. The second kappa shape index (κ2) is 466. The molecule has 15 rings (SSSR count). The van der Waals surface area contributed by atoms with Crippen LogP contribution in [0.4, 0.5) is 4.70 Å². The van der Waals surface area contributed by atoms with E-state index in [2.05, 4.69) is 109 Å². The summed E-state index contributed by atoms with van der Waals surface area (Å²) in [7, 11) is 0. The number of thiazole rings is 1. The number of pyridine rings is 1. The van der Waals surface area contributed by atoms with Crippen LogP contribution in [-0.2, 0) is 14.2 Å². The number of rotatable bonds is 0. The Bertz CT molecular complexity index is 2130. The zero-order valence-electron chi connectivity index (χ0n) is 105. The molecule has 30 heteroatoms. The Labute approximate surface area is 1020 Å². The van der Waals surface area contributed by atoms with E-state index in [1.54, 1.807) is 95.7 Å². The molecule has 5 aliphatic rings. The second-order valence-electron chi connectivity index (χ2n) is 14.2. The molecule has 147 heavy (non-hydrogen) atoms. The van der Waals surface area contributed by atoms with Gasteiger partial charge in [-0.1, -0.05) is 484 Å². The predicted molar refractivity (Wildman–Crippen MR) is 718 cm³/mol. The Morgan fingerprint density at radius 3 is 0.816 bits per heavy atom.